The van der Waals surface area contributed by atoms with Crippen LogP contribution in [-0.2, 0) is 20.9 Å². The number of thiophene rings is 1. The minimum absolute atomic E-state index is 0.116. The number of hydrogen-bond donors (Lipinski definition) is 1. The van der Waals surface area contributed by atoms with Gasteiger partial charge in [0, 0.05) is 24.4 Å². The lowest BCUT2D eigenvalue weighted by Crippen LogP contribution is -2.28. The molecule has 0 fully saturated rings. The average Bonchev–Trinajstić information content (AvgIpc) is 3.23. The first-order valence-corrected chi connectivity index (χ1v) is 12.1. The molecule has 0 radical (unpaired) electrons. The molecule has 0 bridgehead atoms. The number of esters is 1. The van der Waals surface area contributed by atoms with E-state index in [0.717, 1.165) is 10.4 Å². The monoisotopic (exact) mass is 471 g/mol. The largest absolute Gasteiger partial charge is 0.466 e. The number of ether oxygens (including phenoxy) is 1. The van der Waals surface area contributed by atoms with E-state index in [1.165, 1.54) is 27.7 Å². The Bertz CT molecular complexity index is 1160. The molecule has 3 aromatic rings. The number of allylic oxidation sites excluding steroid dienone is 1. The number of rotatable bonds is 11. The maximum atomic E-state index is 13.1. The van der Waals surface area contributed by atoms with Gasteiger partial charge in [-0.05, 0) is 25.0 Å². The Labute approximate surface area is 194 Å². The van der Waals surface area contributed by atoms with Crippen LogP contribution in [0.25, 0.3) is 20.7 Å². The summed E-state index contributed by atoms with van der Waals surface area (Å²) in [7, 11) is 0. The number of carbonyl (C=O) groups excluding carboxylic acids is 2. The zero-order chi connectivity index (χ0) is 22.9. The Hall–Kier alpha value is -2.91. The van der Waals surface area contributed by atoms with Crippen molar-refractivity contribution < 1.29 is 14.3 Å². The molecule has 168 valence electrons. The first-order chi connectivity index (χ1) is 15.5. The molecular formula is C23H25N3O4S2. The molecule has 0 spiro atoms. The minimum atomic E-state index is -0.270. The zero-order valence-corrected chi connectivity index (χ0v) is 19.5. The van der Waals surface area contributed by atoms with Crippen molar-refractivity contribution in [2.45, 2.75) is 31.5 Å². The number of thioether (sulfide) groups is 1. The lowest BCUT2D eigenvalue weighted by Gasteiger charge is -2.10. The Morgan fingerprint density at radius 1 is 1.31 bits per heavy atom. The minimum Gasteiger partial charge on any atom is -0.466 e. The molecule has 1 N–H and O–H groups in total. The Morgan fingerprint density at radius 3 is 2.81 bits per heavy atom. The zero-order valence-electron chi connectivity index (χ0n) is 17.8. The Kier molecular flexibility index (Phi) is 8.64. The molecule has 1 aromatic carbocycles. The predicted molar refractivity (Wildman–Crippen MR) is 129 cm³/mol. The number of fused-ring (bicyclic) bond motifs is 1. The van der Waals surface area contributed by atoms with E-state index >= 15 is 0 Å². The van der Waals surface area contributed by atoms with Crippen LogP contribution in [0.3, 0.4) is 0 Å². The highest BCUT2D eigenvalue weighted by Crippen LogP contribution is 2.32. The van der Waals surface area contributed by atoms with Crippen molar-refractivity contribution in [2.75, 3.05) is 18.9 Å². The smallest absolute Gasteiger partial charge is 0.305 e. The van der Waals surface area contributed by atoms with Gasteiger partial charge in [0.05, 0.1) is 17.7 Å². The second kappa shape index (κ2) is 11.6. The third-order valence-electron chi connectivity index (χ3n) is 4.50. The van der Waals surface area contributed by atoms with Gasteiger partial charge in [0.2, 0.25) is 5.91 Å². The summed E-state index contributed by atoms with van der Waals surface area (Å²) in [6.07, 6.45) is 2.41. The first-order valence-electron chi connectivity index (χ1n) is 10.3. The molecule has 0 saturated carbocycles. The molecule has 2 aromatic heterocycles. The number of carbonyl (C=O) groups is 2. The number of aromatic nitrogens is 2. The van der Waals surface area contributed by atoms with E-state index in [4.69, 9.17) is 4.74 Å². The summed E-state index contributed by atoms with van der Waals surface area (Å²) >= 11 is 2.66. The van der Waals surface area contributed by atoms with Crippen molar-refractivity contribution in [3.05, 3.63) is 59.4 Å². The highest BCUT2D eigenvalue weighted by Gasteiger charge is 2.16. The summed E-state index contributed by atoms with van der Waals surface area (Å²) in [5.74, 6) is -0.340. The quantitative estimate of drug-likeness (QED) is 0.150. The van der Waals surface area contributed by atoms with Crippen LogP contribution in [0, 0.1) is 0 Å². The highest BCUT2D eigenvalue weighted by molar-refractivity contribution is 7.99. The number of benzene rings is 1. The van der Waals surface area contributed by atoms with Crippen molar-refractivity contribution >= 4 is 45.2 Å². The van der Waals surface area contributed by atoms with Gasteiger partial charge in [-0.1, -0.05) is 48.2 Å². The molecule has 2 heterocycles. The second-order valence-corrected chi connectivity index (χ2v) is 8.81. The van der Waals surface area contributed by atoms with Crippen LogP contribution < -0.4 is 10.9 Å². The van der Waals surface area contributed by atoms with Crippen LogP contribution in [0.5, 0.6) is 0 Å². The van der Waals surface area contributed by atoms with E-state index in [1.807, 2.05) is 36.4 Å². The number of nitrogens with one attached hydrogen (secondary N) is 1. The maximum Gasteiger partial charge on any atom is 0.305 e. The van der Waals surface area contributed by atoms with E-state index in [9.17, 15) is 14.4 Å². The van der Waals surface area contributed by atoms with Crippen LogP contribution in [0.1, 0.15) is 19.8 Å². The number of amides is 1. The van der Waals surface area contributed by atoms with Gasteiger partial charge in [-0.25, -0.2) is 4.98 Å². The van der Waals surface area contributed by atoms with Crippen LogP contribution >= 0.6 is 23.1 Å². The number of hydrogen-bond acceptors (Lipinski definition) is 7. The van der Waals surface area contributed by atoms with Crippen molar-refractivity contribution in [1.82, 2.24) is 14.9 Å². The standard InChI is InChI=1S/C23H25N3O4S2/c1-3-13-26-22(29)17-14-18(16-9-6-5-7-10-16)32-21(17)25-23(26)31-15-19(27)24-12-8-11-20(28)30-4-2/h3,5-7,9-10,14H,1,4,8,11-13,15H2,2H3,(H,24,27). The third kappa shape index (κ3) is 6.08. The van der Waals surface area contributed by atoms with E-state index in [-0.39, 0.29) is 29.6 Å². The van der Waals surface area contributed by atoms with Crippen LogP contribution in [0.2, 0.25) is 0 Å². The molecule has 0 saturated heterocycles. The van der Waals surface area contributed by atoms with Gasteiger partial charge in [-0.3, -0.25) is 19.0 Å². The van der Waals surface area contributed by atoms with Gasteiger partial charge >= 0.3 is 5.97 Å². The summed E-state index contributed by atoms with van der Waals surface area (Å²) in [6, 6.07) is 11.7. The molecule has 3 rings (SSSR count). The molecule has 32 heavy (non-hydrogen) atoms. The van der Waals surface area contributed by atoms with E-state index in [2.05, 4.69) is 16.9 Å². The van der Waals surface area contributed by atoms with Crippen LogP contribution in [0.4, 0.5) is 0 Å². The van der Waals surface area contributed by atoms with E-state index in [0.29, 0.717) is 41.5 Å². The molecule has 1 amide bonds. The maximum absolute atomic E-state index is 13.1. The van der Waals surface area contributed by atoms with E-state index in [1.54, 1.807) is 13.0 Å². The fourth-order valence-corrected chi connectivity index (χ4v) is 4.93. The van der Waals surface area contributed by atoms with Crippen molar-refractivity contribution in [3.8, 4) is 10.4 Å². The van der Waals surface area contributed by atoms with Gasteiger partial charge < -0.3 is 10.1 Å². The van der Waals surface area contributed by atoms with Gasteiger partial charge in [0.1, 0.15) is 4.83 Å². The van der Waals surface area contributed by atoms with Crippen molar-refractivity contribution in [1.29, 1.82) is 0 Å². The Balaban J connectivity index is 1.70. The molecule has 0 atom stereocenters. The summed E-state index contributed by atoms with van der Waals surface area (Å²) in [4.78, 5) is 42.9. The molecule has 0 aliphatic carbocycles. The van der Waals surface area contributed by atoms with Gasteiger partial charge in [-0.15, -0.1) is 17.9 Å². The summed E-state index contributed by atoms with van der Waals surface area (Å²) in [5, 5.41) is 3.82. The second-order valence-electron chi connectivity index (χ2n) is 6.84. The SMILES string of the molecule is C=CCn1c(SCC(=O)NCCCC(=O)OCC)nc2sc(-c3ccccc3)cc2c1=O. The molecule has 9 heteroatoms. The Morgan fingerprint density at radius 2 is 2.09 bits per heavy atom. The fraction of sp³-hybridized carbons (Fsp3) is 0.304. The molecule has 7 nitrogen and oxygen atoms in total. The molecule has 0 aliphatic rings. The first kappa shape index (κ1) is 23.7. The highest BCUT2D eigenvalue weighted by atomic mass is 32.2. The van der Waals surface area contributed by atoms with Crippen molar-refractivity contribution in [2.24, 2.45) is 0 Å². The summed E-state index contributed by atoms with van der Waals surface area (Å²) < 4.78 is 6.40. The van der Waals surface area contributed by atoms with Crippen molar-refractivity contribution in [3.63, 3.8) is 0 Å². The lowest BCUT2D eigenvalue weighted by atomic mass is 10.2. The predicted octanol–water partition coefficient (Wildman–Crippen LogP) is 3.86. The average molecular weight is 472 g/mol. The summed E-state index contributed by atoms with van der Waals surface area (Å²) in [5.41, 5.74) is 0.882. The third-order valence-corrected chi connectivity index (χ3v) is 6.56. The normalized spacial score (nSPS) is 10.8. The fourth-order valence-electron chi connectivity index (χ4n) is 3.02. The molecule has 0 aliphatic heterocycles. The van der Waals surface area contributed by atoms with Crippen LogP contribution in [-0.4, -0.2) is 40.3 Å². The summed E-state index contributed by atoms with van der Waals surface area (Å²) in [6.45, 7) is 6.53. The lowest BCUT2D eigenvalue weighted by molar-refractivity contribution is -0.143. The van der Waals surface area contributed by atoms with Gasteiger partial charge in [0.15, 0.2) is 5.16 Å². The topological polar surface area (TPSA) is 90.3 Å². The molecule has 0 unspecified atom stereocenters. The molecular weight excluding hydrogens is 446 g/mol. The van der Waals surface area contributed by atoms with Gasteiger partial charge in [0.25, 0.3) is 5.56 Å². The van der Waals surface area contributed by atoms with E-state index < -0.39 is 0 Å². The number of nitrogens with zero attached hydrogens (tertiary/aromatic N) is 2. The van der Waals surface area contributed by atoms with Crippen LogP contribution in [0.15, 0.2) is 59.0 Å². The van der Waals surface area contributed by atoms with Gasteiger partial charge in [-0.2, -0.15) is 0 Å².